The van der Waals surface area contributed by atoms with E-state index in [0.29, 0.717) is 0 Å². The van der Waals surface area contributed by atoms with Gasteiger partial charge in [-0.3, -0.25) is 0 Å². The number of para-hydroxylation sites is 4. The van der Waals surface area contributed by atoms with Crippen molar-refractivity contribution >= 4 is 44.8 Å². The second-order valence-corrected chi connectivity index (χ2v) is 17.6. The molecule has 316 valence electrons. The molecule has 3 nitrogen and oxygen atoms in total. The number of fused-ring (bicyclic) bond motifs is 6. The topological polar surface area (TPSA) is 17.4 Å². The Morgan fingerprint density at radius 2 is 0.970 bits per heavy atom. The van der Waals surface area contributed by atoms with Crippen LogP contribution in [0.25, 0.3) is 77.9 Å². The van der Waals surface area contributed by atoms with E-state index >= 15 is 0 Å². The van der Waals surface area contributed by atoms with Crippen LogP contribution in [0.1, 0.15) is 22.7 Å². The number of nitrogens with zero attached hydrogens (tertiary/aromatic N) is 2. The Bertz CT molecular complexity index is 3670. The molecule has 0 saturated carbocycles. The molecule has 1 atom stereocenters. The third-order valence-electron chi connectivity index (χ3n) is 13.8. The Hall–Kier alpha value is -8.66. The molecular formula is C64H44N2O. The van der Waals surface area contributed by atoms with Crippen molar-refractivity contribution < 1.29 is 4.74 Å². The standard InChI is InChI=1S/C64H44N2O/c1-2-14-43(15-3-1)44-28-30-45(31-29-44)46-32-37-50(38-33-46)65(51-39-34-48(35-40-51)53-19-6-7-21-55(53)56-22-12-17-47-16-4-5-18-52(47)56)59-24-9-8-20-54(59)49-36-41-60-58(42-49)57-23-13-27-63-64(57)66(60)61-25-10-11-26-62(61)67-63/h1-41,49H,42H2. The minimum absolute atomic E-state index is 0.139. The molecule has 67 heavy (non-hydrogen) atoms. The minimum atomic E-state index is 0.139. The van der Waals surface area contributed by atoms with Gasteiger partial charge < -0.3 is 14.2 Å². The van der Waals surface area contributed by atoms with E-state index in [0.717, 1.165) is 46.2 Å². The zero-order chi connectivity index (χ0) is 44.3. The van der Waals surface area contributed by atoms with Gasteiger partial charge >= 0.3 is 0 Å². The second kappa shape index (κ2) is 16.1. The fraction of sp³-hybridized carbons (Fsp3) is 0.0312. The third kappa shape index (κ3) is 6.66. The van der Waals surface area contributed by atoms with Crippen LogP contribution in [0.15, 0.2) is 243 Å². The number of rotatable bonds is 8. The van der Waals surface area contributed by atoms with Crippen molar-refractivity contribution in [2.75, 3.05) is 4.90 Å². The number of hydrogen-bond acceptors (Lipinski definition) is 2. The third-order valence-corrected chi connectivity index (χ3v) is 13.8. The quantitative estimate of drug-likeness (QED) is 0.151. The number of hydrogen-bond donors (Lipinski definition) is 0. The Morgan fingerprint density at radius 1 is 0.418 bits per heavy atom. The highest BCUT2D eigenvalue weighted by molar-refractivity contribution is 6.01. The van der Waals surface area contributed by atoms with Crippen LogP contribution in [0.4, 0.5) is 17.1 Å². The molecule has 10 aromatic carbocycles. The highest BCUT2D eigenvalue weighted by Crippen LogP contribution is 2.49. The zero-order valence-corrected chi connectivity index (χ0v) is 36.8. The van der Waals surface area contributed by atoms with Crippen LogP contribution in [0.3, 0.4) is 0 Å². The summed E-state index contributed by atoms with van der Waals surface area (Å²) in [4.78, 5) is 2.45. The van der Waals surface area contributed by atoms with E-state index in [-0.39, 0.29) is 5.92 Å². The van der Waals surface area contributed by atoms with Gasteiger partial charge in [0.25, 0.3) is 0 Å². The number of ether oxygens (including phenoxy) is 1. The van der Waals surface area contributed by atoms with E-state index in [1.807, 2.05) is 6.07 Å². The fourth-order valence-corrected chi connectivity index (χ4v) is 10.6. The van der Waals surface area contributed by atoms with Gasteiger partial charge in [-0.25, -0.2) is 0 Å². The number of allylic oxidation sites excluding steroid dienone is 1. The highest BCUT2D eigenvalue weighted by atomic mass is 16.5. The SMILES string of the molecule is C1=CC(c2ccccc2N(c2ccc(-c3ccc(-c4ccccc4)cc3)cc2)c2ccc(-c3ccccc3-c3cccc4ccccc34)cc2)Cc2c1n1c3c(cccc23)Oc2ccccc2-1. The summed E-state index contributed by atoms with van der Waals surface area (Å²) in [6.45, 7) is 0. The average Bonchev–Trinajstić information content (AvgIpc) is 3.74. The highest BCUT2D eigenvalue weighted by Gasteiger charge is 2.30. The summed E-state index contributed by atoms with van der Waals surface area (Å²) in [7, 11) is 0. The predicted octanol–water partition coefficient (Wildman–Crippen LogP) is 17.4. The number of benzene rings is 10. The summed E-state index contributed by atoms with van der Waals surface area (Å²) in [6, 6.07) is 85.6. The fourth-order valence-electron chi connectivity index (χ4n) is 10.6. The molecule has 0 N–H and O–H groups in total. The van der Waals surface area contributed by atoms with Crippen molar-refractivity contribution in [2.45, 2.75) is 12.3 Å². The van der Waals surface area contributed by atoms with E-state index in [4.69, 9.17) is 4.74 Å². The van der Waals surface area contributed by atoms with E-state index in [1.54, 1.807) is 0 Å². The molecule has 1 aromatic heterocycles. The summed E-state index contributed by atoms with van der Waals surface area (Å²) in [5.41, 5.74) is 19.1. The summed E-state index contributed by atoms with van der Waals surface area (Å²) >= 11 is 0. The first-order valence-electron chi connectivity index (χ1n) is 23.2. The first-order chi connectivity index (χ1) is 33.2. The maximum absolute atomic E-state index is 6.48. The van der Waals surface area contributed by atoms with Crippen molar-refractivity contribution in [1.29, 1.82) is 0 Å². The minimum Gasteiger partial charge on any atom is -0.453 e. The molecule has 2 heterocycles. The molecule has 0 saturated heterocycles. The molecular weight excluding hydrogens is 813 g/mol. The second-order valence-electron chi connectivity index (χ2n) is 17.6. The molecule has 11 aromatic rings. The molecule has 2 aliphatic rings. The van der Waals surface area contributed by atoms with Crippen LogP contribution in [0, 0.1) is 0 Å². The first kappa shape index (κ1) is 38.8. The number of anilines is 3. The lowest BCUT2D eigenvalue weighted by atomic mass is 9.85. The van der Waals surface area contributed by atoms with Crippen LogP contribution < -0.4 is 9.64 Å². The molecule has 0 fully saturated rings. The van der Waals surface area contributed by atoms with Gasteiger partial charge in [-0.2, -0.15) is 0 Å². The molecule has 0 radical (unpaired) electrons. The molecule has 1 aliphatic heterocycles. The average molecular weight is 857 g/mol. The smallest absolute Gasteiger partial charge is 0.152 e. The molecule has 1 aliphatic carbocycles. The van der Waals surface area contributed by atoms with Gasteiger partial charge in [0.15, 0.2) is 11.5 Å². The Balaban J connectivity index is 0.906. The monoisotopic (exact) mass is 856 g/mol. The lowest BCUT2D eigenvalue weighted by molar-refractivity contribution is 0.475. The van der Waals surface area contributed by atoms with Crippen LogP contribution in [-0.4, -0.2) is 4.57 Å². The van der Waals surface area contributed by atoms with Gasteiger partial charge in [-0.05, 0) is 127 Å². The van der Waals surface area contributed by atoms with Crippen LogP contribution in [0.5, 0.6) is 11.5 Å². The Labute approximate surface area is 390 Å². The Morgan fingerprint density at radius 3 is 1.76 bits per heavy atom. The molecule has 3 heteroatoms. The van der Waals surface area contributed by atoms with E-state index in [1.165, 1.54) is 77.5 Å². The van der Waals surface area contributed by atoms with Gasteiger partial charge in [0, 0.05) is 28.4 Å². The van der Waals surface area contributed by atoms with Crippen molar-refractivity contribution in [3.63, 3.8) is 0 Å². The van der Waals surface area contributed by atoms with E-state index in [2.05, 4.69) is 252 Å². The Kier molecular flexibility index (Phi) is 9.31. The van der Waals surface area contributed by atoms with Crippen molar-refractivity contribution in [1.82, 2.24) is 4.57 Å². The van der Waals surface area contributed by atoms with E-state index in [9.17, 15) is 0 Å². The lowest BCUT2D eigenvalue weighted by Gasteiger charge is -2.31. The molecule has 0 spiro atoms. The van der Waals surface area contributed by atoms with Crippen molar-refractivity contribution in [3.05, 3.63) is 259 Å². The molecule has 0 bridgehead atoms. The predicted molar refractivity (Wildman–Crippen MR) is 279 cm³/mol. The normalized spacial score (nSPS) is 13.5. The number of aromatic nitrogens is 1. The van der Waals surface area contributed by atoms with Gasteiger partial charge in [-0.15, -0.1) is 0 Å². The maximum Gasteiger partial charge on any atom is 0.152 e. The van der Waals surface area contributed by atoms with Crippen LogP contribution in [0.2, 0.25) is 0 Å². The van der Waals surface area contributed by atoms with Gasteiger partial charge in [0.1, 0.15) is 0 Å². The van der Waals surface area contributed by atoms with Gasteiger partial charge in [-0.1, -0.05) is 194 Å². The largest absolute Gasteiger partial charge is 0.453 e. The first-order valence-corrected chi connectivity index (χ1v) is 23.2. The van der Waals surface area contributed by atoms with Gasteiger partial charge in [0.05, 0.1) is 16.9 Å². The summed E-state index contributed by atoms with van der Waals surface area (Å²) in [5, 5.41) is 3.75. The summed E-state index contributed by atoms with van der Waals surface area (Å²) in [6.07, 6.45) is 5.62. The summed E-state index contributed by atoms with van der Waals surface area (Å²) in [5.74, 6) is 1.93. The summed E-state index contributed by atoms with van der Waals surface area (Å²) < 4.78 is 8.88. The van der Waals surface area contributed by atoms with Crippen molar-refractivity contribution in [3.8, 4) is 61.7 Å². The van der Waals surface area contributed by atoms with Crippen LogP contribution in [-0.2, 0) is 6.42 Å². The molecule has 1 unspecified atom stereocenters. The van der Waals surface area contributed by atoms with E-state index < -0.39 is 0 Å². The van der Waals surface area contributed by atoms with Gasteiger partial charge in [0.2, 0.25) is 0 Å². The molecule has 0 amide bonds. The lowest BCUT2D eigenvalue weighted by Crippen LogP contribution is -2.15. The maximum atomic E-state index is 6.48. The van der Waals surface area contributed by atoms with Crippen LogP contribution >= 0.6 is 0 Å². The molecule has 13 rings (SSSR count). The zero-order valence-electron chi connectivity index (χ0n) is 36.8. The van der Waals surface area contributed by atoms with Crippen molar-refractivity contribution in [2.24, 2.45) is 0 Å².